The van der Waals surface area contributed by atoms with Crippen LogP contribution in [0.1, 0.15) is 32.6 Å². The number of rotatable bonds is 3. The third-order valence-corrected chi connectivity index (χ3v) is 3.40. The van der Waals surface area contributed by atoms with E-state index in [-0.39, 0.29) is 5.82 Å². The number of nitrogens with zero attached hydrogens (tertiary/aromatic N) is 1. The van der Waals surface area contributed by atoms with Crippen LogP contribution >= 0.6 is 0 Å². The van der Waals surface area contributed by atoms with Gasteiger partial charge in [0.15, 0.2) is 0 Å². The Labute approximate surface area is 98.8 Å². The Morgan fingerprint density at radius 3 is 2.65 bits per heavy atom. The summed E-state index contributed by atoms with van der Waals surface area (Å²) in [7, 11) is 0. The van der Waals surface area contributed by atoms with Crippen molar-refractivity contribution in [3.8, 4) is 0 Å². The van der Waals surface area contributed by atoms with Gasteiger partial charge in [0.1, 0.15) is 0 Å². The van der Waals surface area contributed by atoms with E-state index in [2.05, 4.69) is 27.4 Å². The second-order valence-corrected chi connectivity index (χ2v) is 4.86. The number of aromatic amines is 2. The van der Waals surface area contributed by atoms with Gasteiger partial charge < -0.3 is 5.32 Å². The van der Waals surface area contributed by atoms with E-state index in [1.165, 1.54) is 25.7 Å². The largest absolute Gasteiger partial charge is 0.364 e. The highest BCUT2D eigenvalue weighted by Gasteiger charge is 2.18. The van der Waals surface area contributed by atoms with Crippen LogP contribution in [0.15, 0.2) is 9.59 Å². The summed E-state index contributed by atoms with van der Waals surface area (Å²) in [5.74, 6) is 1.61. The third kappa shape index (κ3) is 3.18. The lowest BCUT2D eigenvalue weighted by molar-refractivity contribution is 0.300. The minimum absolute atomic E-state index is 0.197. The van der Waals surface area contributed by atoms with Gasteiger partial charge in [0.2, 0.25) is 5.82 Å². The van der Waals surface area contributed by atoms with E-state index >= 15 is 0 Å². The van der Waals surface area contributed by atoms with Crippen molar-refractivity contribution in [2.75, 3.05) is 11.9 Å². The summed E-state index contributed by atoms with van der Waals surface area (Å²) < 4.78 is 0. The Morgan fingerprint density at radius 1 is 1.29 bits per heavy atom. The van der Waals surface area contributed by atoms with Gasteiger partial charge in [0.25, 0.3) is 5.56 Å². The van der Waals surface area contributed by atoms with Crippen LogP contribution < -0.4 is 16.6 Å². The highest BCUT2D eigenvalue weighted by molar-refractivity contribution is 5.28. The maximum absolute atomic E-state index is 11.4. The van der Waals surface area contributed by atoms with Crippen molar-refractivity contribution in [1.29, 1.82) is 0 Å². The molecular formula is C11H18N4O2. The topological polar surface area (TPSA) is 90.6 Å². The molecule has 0 amide bonds. The van der Waals surface area contributed by atoms with Crippen LogP contribution in [0, 0.1) is 11.8 Å². The normalized spacial score (nSPS) is 24.5. The average Bonchev–Trinajstić information content (AvgIpc) is 2.30. The first-order chi connectivity index (χ1) is 8.15. The molecule has 1 aromatic heterocycles. The van der Waals surface area contributed by atoms with Crippen LogP contribution in [0.3, 0.4) is 0 Å². The van der Waals surface area contributed by atoms with Crippen molar-refractivity contribution < 1.29 is 0 Å². The molecule has 94 valence electrons. The van der Waals surface area contributed by atoms with Crippen LogP contribution in [0.5, 0.6) is 0 Å². The maximum atomic E-state index is 11.4. The molecule has 0 aliphatic heterocycles. The van der Waals surface area contributed by atoms with E-state index in [1.54, 1.807) is 0 Å². The molecule has 6 nitrogen and oxygen atoms in total. The van der Waals surface area contributed by atoms with Crippen LogP contribution in [-0.4, -0.2) is 21.7 Å². The molecule has 0 atom stereocenters. The van der Waals surface area contributed by atoms with Crippen molar-refractivity contribution in [2.24, 2.45) is 11.8 Å². The number of aromatic nitrogens is 3. The molecule has 17 heavy (non-hydrogen) atoms. The molecule has 0 spiro atoms. The van der Waals surface area contributed by atoms with Gasteiger partial charge in [0, 0.05) is 6.54 Å². The fraction of sp³-hybridized carbons (Fsp3) is 0.727. The van der Waals surface area contributed by atoms with Crippen LogP contribution in [-0.2, 0) is 0 Å². The van der Waals surface area contributed by atoms with Gasteiger partial charge in [-0.25, -0.2) is 9.89 Å². The smallest absolute Gasteiger partial charge is 0.342 e. The van der Waals surface area contributed by atoms with E-state index in [0.717, 1.165) is 12.5 Å². The zero-order valence-corrected chi connectivity index (χ0v) is 9.95. The molecule has 1 heterocycles. The predicted molar refractivity (Wildman–Crippen MR) is 65.1 cm³/mol. The van der Waals surface area contributed by atoms with E-state index in [0.29, 0.717) is 5.92 Å². The van der Waals surface area contributed by atoms with Gasteiger partial charge in [-0.3, -0.25) is 9.78 Å². The average molecular weight is 238 g/mol. The lowest BCUT2D eigenvalue weighted by Crippen LogP contribution is -2.29. The molecular weight excluding hydrogens is 220 g/mol. The molecule has 0 bridgehead atoms. The van der Waals surface area contributed by atoms with Gasteiger partial charge in [-0.15, -0.1) is 5.10 Å². The molecule has 1 aliphatic carbocycles. The summed E-state index contributed by atoms with van der Waals surface area (Å²) in [4.78, 5) is 24.3. The predicted octanol–water partition coefficient (Wildman–Crippen LogP) is 0.696. The molecule has 3 N–H and O–H groups in total. The van der Waals surface area contributed by atoms with Crippen LogP contribution in [0.2, 0.25) is 0 Å². The molecule has 1 saturated carbocycles. The first-order valence-corrected chi connectivity index (χ1v) is 6.08. The fourth-order valence-electron chi connectivity index (χ4n) is 2.24. The molecule has 0 unspecified atom stereocenters. The zero-order chi connectivity index (χ0) is 12.3. The van der Waals surface area contributed by atoms with Gasteiger partial charge in [-0.05, 0) is 24.7 Å². The molecule has 0 saturated heterocycles. The fourth-order valence-corrected chi connectivity index (χ4v) is 2.24. The number of anilines is 1. The second kappa shape index (κ2) is 5.16. The second-order valence-electron chi connectivity index (χ2n) is 4.86. The van der Waals surface area contributed by atoms with Crippen LogP contribution in [0.25, 0.3) is 0 Å². The summed E-state index contributed by atoms with van der Waals surface area (Å²) >= 11 is 0. The highest BCUT2D eigenvalue weighted by atomic mass is 16.2. The monoisotopic (exact) mass is 238 g/mol. The molecule has 1 fully saturated rings. The SMILES string of the molecule is CC1CCC(CNc2n[nH]c(=O)[nH]c2=O)CC1. The third-order valence-electron chi connectivity index (χ3n) is 3.40. The van der Waals surface area contributed by atoms with Gasteiger partial charge in [-0.1, -0.05) is 19.8 Å². The summed E-state index contributed by atoms with van der Waals surface area (Å²) in [5.41, 5.74) is -1.04. The molecule has 0 aromatic carbocycles. The Kier molecular flexibility index (Phi) is 3.61. The first kappa shape index (κ1) is 11.9. The molecule has 6 heteroatoms. The van der Waals surface area contributed by atoms with Gasteiger partial charge >= 0.3 is 5.69 Å². The Hall–Kier alpha value is -1.59. The standard InChI is InChI=1S/C11H18N4O2/c1-7-2-4-8(5-3-7)6-12-9-10(16)13-11(17)15-14-9/h7-8H,2-6H2,1H3,(H,12,14)(H2,13,15,16,17). The Bertz CT molecular complexity index is 471. The maximum Gasteiger partial charge on any atom is 0.342 e. The van der Waals surface area contributed by atoms with Crippen molar-refractivity contribution in [3.63, 3.8) is 0 Å². The Balaban J connectivity index is 1.89. The Morgan fingerprint density at radius 2 is 2.00 bits per heavy atom. The molecule has 0 radical (unpaired) electrons. The number of hydrogen-bond donors (Lipinski definition) is 3. The minimum atomic E-state index is -0.577. The quantitative estimate of drug-likeness (QED) is 0.722. The summed E-state index contributed by atoms with van der Waals surface area (Å²) in [6, 6.07) is 0. The van der Waals surface area contributed by atoms with Crippen molar-refractivity contribution >= 4 is 5.82 Å². The number of H-pyrrole nitrogens is 2. The van der Waals surface area contributed by atoms with E-state index < -0.39 is 11.2 Å². The molecule has 1 aromatic rings. The van der Waals surface area contributed by atoms with E-state index in [9.17, 15) is 9.59 Å². The molecule has 2 rings (SSSR count). The van der Waals surface area contributed by atoms with Crippen molar-refractivity contribution in [3.05, 3.63) is 20.8 Å². The number of hydrogen-bond acceptors (Lipinski definition) is 4. The lowest BCUT2D eigenvalue weighted by atomic mass is 9.83. The minimum Gasteiger partial charge on any atom is -0.364 e. The highest BCUT2D eigenvalue weighted by Crippen LogP contribution is 2.27. The first-order valence-electron chi connectivity index (χ1n) is 6.08. The van der Waals surface area contributed by atoms with Gasteiger partial charge in [0.05, 0.1) is 0 Å². The van der Waals surface area contributed by atoms with Crippen LogP contribution in [0.4, 0.5) is 5.82 Å². The summed E-state index contributed by atoms with van der Waals surface area (Å²) in [6.45, 7) is 3.02. The van der Waals surface area contributed by atoms with Crippen molar-refractivity contribution in [2.45, 2.75) is 32.6 Å². The van der Waals surface area contributed by atoms with Crippen molar-refractivity contribution in [1.82, 2.24) is 15.2 Å². The van der Waals surface area contributed by atoms with E-state index in [4.69, 9.17) is 0 Å². The van der Waals surface area contributed by atoms with Gasteiger partial charge in [-0.2, -0.15) is 0 Å². The van der Waals surface area contributed by atoms with E-state index in [1.807, 2.05) is 0 Å². The number of nitrogens with one attached hydrogen (secondary N) is 3. The summed E-state index contributed by atoms with van der Waals surface area (Å²) in [6.07, 6.45) is 4.88. The zero-order valence-electron chi connectivity index (χ0n) is 9.95. The molecule has 1 aliphatic rings. The summed E-state index contributed by atoms with van der Waals surface area (Å²) in [5, 5.41) is 8.90. The lowest BCUT2D eigenvalue weighted by Gasteiger charge is -2.26.